The SMILES string of the molecule is C=C(Br)CN(C)CC(=O)Nc1cc(OC)cc(OC)c1. The first-order valence-electron chi connectivity index (χ1n) is 5.99. The van der Waals surface area contributed by atoms with E-state index >= 15 is 0 Å². The maximum Gasteiger partial charge on any atom is 0.238 e. The number of halogens is 1. The topological polar surface area (TPSA) is 50.8 Å². The Morgan fingerprint density at radius 2 is 1.80 bits per heavy atom. The van der Waals surface area contributed by atoms with E-state index in [1.165, 1.54) is 0 Å². The van der Waals surface area contributed by atoms with Crippen LogP contribution in [-0.2, 0) is 4.79 Å². The van der Waals surface area contributed by atoms with Crippen molar-refractivity contribution in [3.63, 3.8) is 0 Å². The average Bonchev–Trinajstić information content (AvgIpc) is 2.36. The molecule has 1 N–H and O–H groups in total. The quantitative estimate of drug-likeness (QED) is 0.827. The second-order valence-electron chi connectivity index (χ2n) is 4.34. The molecular formula is C14H19BrN2O3. The van der Waals surface area contributed by atoms with Crippen LogP contribution in [0.25, 0.3) is 0 Å². The molecule has 1 amide bonds. The molecular weight excluding hydrogens is 324 g/mol. The first kappa shape index (κ1) is 16.5. The van der Waals surface area contributed by atoms with Crippen LogP contribution in [0.3, 0.4) is 0 Å². The van der Waals surface area contributed by atoms with E-state index in [4.69, 9.17) is 9.47 Å². The average molecular weight is 343 g/mol. The van der Waals surface area contributed by atoms with E-state index in [2.05, 4.69) is 27.8 Å². The Morgan fingerprint density at radius 1 is 1.25 bits per heavy atom. The van der Waals surface area contributed by atoms with Crippen molar-refractivity contribution in [2.45, 2.75) is 0 Å². The standard InChI is InChI=1S/C14H19BrN2O3/c1-10(15)8-17(2)9-14(18)16-11-5-12(19-3)7-13(6-11)20-4/h5-7H,1,8-9H2,2-4H3,(H,16,18). The molecule has 0 radical (unpaired) electrons. The predicted octanol–water partition coefficient (Wildman–Crippen LogP) is 2.48. The molecule has 0 bridgehead atoms. The van der Waals surface area contributed by atoms with Gasteiger partial charge in [-0.05, 0) is 7.05 Å². The van der Waals surface area contributed by atoms with Gasteiger partial charge in [-0.15, -0.1) is 0 Å². The van der Waals surface area contributed by atoms with Crippen LogP contribution in [0, 0.1) is 0 Å². The maximum atomic E-state index is 11.9. The van der Waals surface area contributed by atoms with E-state index in [1.54, 1.807) is 32.4 Å². The Balaban J connectivity index is 2.67. The Labute approximate surface area is 127 Å². The van der Waals surface area contributed by atoms with Crippen LogP contribution in [0.4, 0.5) is 5.69 Å². The molecule has 0 saturated carbocycles. The van der Waals surface area contributed by atoms with Gasteiger partial charge < -0.3 is 14.8 Å². The van der Waals surface area contributed by atoms with Crippen LogP contribution >= 0.6 is 15.9 Å². The maximum absolute atomic E-state index is 11.9. The zero-order valence-corrected chi connectivity index (χ0v) is 13.5. The first-order valence-corrected chi connectivity index (χ1v) is 6.78. The number of carbonyl (C=O) groups is 1. The summed E-state index contributed by atoms with van der Waals surface area (Å²) in [6, 6.07) is 5.23. The van der Waals surface area contributed by atoms with Gasteiger partial charge in [-0.1, -0.05) is 22.5 Å². The molecule has 0 aliphatic rings. The number of hydrogen-bond donors (Lipinski definition) is 1. The van der Waals surface area contributed by atoms with Crippen LogP contribution in [-0.4, -0.2) is 45.2 Å². The van der Waals surface area contributed by atoms with Gasteiger partial charge in [0.1, 0.15) is 11.5 Å². The highest BCUT2D eigenvalue weighted by Crippen LogP contribution is 2.25. The van der Waals surface area contributed by atoms with Gasteiger partial charge in [-0.2, -0.15) is 0 Å². The van der Waals surface area contributed by atoms with Crippen molar-refractivity contribution in [3.05, 3.63) is 29.3 Å². The third kappa shape index (κ3) is 5.63. The number of rotatable bonds is 7. The largest absolute Gasteiger partial charge is 0.497 e. The molecule has 0 saturated heterocycles. The van der Waals surface area contributed by atoms with E-state index < -0.39 is 0 Å². The van der Waals surface area contributed by atoms with Gasteiger partial charge in [0, 0.05) is 34.9 Å². The van der Waals surface area contributed by atoms with Crippen molar-refractivity contribution < 1.29 is 14.3 Å². The number of amides is 1. The Kier molecular flexibility index (Phi) is 6.54. The molecule has 0 aliphatic heterocycles. The lowest BCUT2D eigenvalue weighted by molar-refractivity contribution is -0.116. The van der Waals surface area contributed by atoms with Crippen LogP contribution in [0.5, 0.6) is 11.5 Å². The molecule has 0 fully saturated rings. The first-order chi connectivity index (χ1) is 9.44. The van der Waals surface area contributed by atoms with Gasteiger partial charge in [0.2, 0.25) is 5.91 Å². The smallest absolute Gasteiger partial charge is 0.238 e. The van der Waals surface area contributed by atoms with Gasteiger partial charge >= 0.3 is 0 Å². The molecule has 0 unspecified atom stereocenters. The van der Waals surface area contributed by atoms with Gasteiger partial charge in [-0.25, -0.2) is 0 Å². The third-order valence-electron chi connectivity index (χ3n) is 2.49. The van der Waals surface area contributed by atoms with E-state index in [0.29, 0.717) is 23.7 Å². The summed E-state index contributed by atoms with van der Waals surface area (Å²) >= 11 is 3.27. The van der Waals surface area contributed by atoms with Crippen LogP contribution in [0.2, 0.25) is 0 Å². The molecule has 20 heavy (non-hydrogen) atoms. The van der Waals surface area contributed by atoms with Crippen molar-refractivity contribution >= 4 is 27.5 Å². The number of hydrogen-bond acceptors (Lipinski definition) is 4. The molecule has 1 aromatic rings. The van der Waals surface area contributed by atoms with Crippen molar-refractivity contribution in [2.75, 3.05) is 39.7 Å². The highest BCUT2D eigenvalue weighted by molar-refractivity contribution is 9.11. The molecule has 5 nitrogen and oxygen atoms in total. The van der Waals surface area contributed by atoms with Crippen molar-refractivity contribution in [1.82, 2.24) is 4.90 Å². The summed E-state index contributed by atoms with van der Waals surface area (Å²) in [5.41, 5.74) is 0.636. The molecule has 0 aromatic heterocycles. The molecule has 0 atom stereocenters. The van der Waals surface area contributed by atoms with Crippen LogP contribution in [0.1, 0.15) is 0 Å². The molecule has 1 aromatic carbocycles. The minimum absolute atomic E-state index is 0.114. The number of benzene rings is 1. The summed E-state index contributed by atoms with van der Waals surface area (Å²) in [6.45, 7) is 4.62. The number of methoxy groups -OCH3 is 2. The Hall–Kier alpha value is -1.53. The van der Waals surface area contributed by atoms with Crippen molar-refractivity contribution in [1.29, 1.82) is 0 Å². The lowest BCUT2D eigenvalue weighted by Crippen LogP contribution is -2.30. The fourth-order valence-corrected chi connectivity index (χ4v) is 2.10. The van der Waals surface area contributed by atoms with E-state index in [1.807, 2.05) is 11.9 Å². The minimum atomic E-state index is -0.114. The minimum Gasteiger partial charge on any atom is -0.497 e. The number of ether oxygens (including phenoxy) is 2. The normalized spacial score (nSPS) is 10.2. The second-order valence-corrected chi connectivity index (χ2v) is 5.46. The van der Waals surface area contributed by atoms with Gasteiger partial charge in [0.25, 0.3) is 0 Å². The monoisotopic (exact) mass is 342 g/mol. The summed E-state index contributed by atoms with van der Waals surface area (Å²) in [5.74, 6) is 1.14. The van der Waals surface area contributed by atoms with E-state index in [-0.39, 0.29) is 12.5 Å². The summed E-state index contributed by atoms with van der Waals surface area (Å²) in [5, 5.41) is 2.81. The number of nitrogens with zero attached hydrogens (tertiary/aromatic N) is 1. The number of likely N-dealkylation sites (N-methyl/N-ethyl adjacent to an activating group) is 1. The Bertz CT molecular complexity index is 469. The summed E-state index contributed by atoms with van der Waals surface area (Å²) in [6.07, 6.45) is 0. The van der Waals surface area contributed by atoms with Crippen molar-refractivity contribution in [3.8, 4) is 11.5 Å². The Morgan fingerprint density at radius 3 is 2.25 bits per heavy atom. The molecule has 0 spiro atoms. The van der Waals surface area contributed by atoms with Crippen LogP contribution < -0.4 is 14.8 Å². The zero-order chi connectivity index (χ0) is 15.1. The van der Waals surface area contributed by atoms with Crippen LogP contribution in [0.15, 0.2) is 29.3 Å². The highest BCUT2D eigenvalue weighted by atomic mass is 79.9. The molecule has 110 valence electrons. The van der Waals surface area contributed by atoms with Crippen molar-refractivity contribution in [2.24, 2.45) is 0 Å². The fourth-order valence-electron chi connectivity index (χ4n) is 1.67. The summed E-state index contributed by atoms with van der Waals surface area (Å²) in [7, 11) is 4.98. The third-order valence-corrected chi connectivity index (χ3v) is 2.74. The van der Waals surface area contributed by atoms with Gasteiger partial charge in [0.15, 0.2) is 0 Å². The second kappa shape index (κ2) is 7.91. The van der Waals surface area contributed by atoms with Gasteiger partial charge in [-0.3, -0.25) is 9.69 Å². The summed E-state index contributed by atoms with van der Waals surface area (Å²) in [4.78, 5) is 13.8. The number of carbonyl (C=O) groups excluding carboxylic acids is 1. The summed E-state index contributed by atoms with van der Waals surface area (Å²) < 4.78 is 11.1. The highest BCUT2D eigenvalue weighted by Gasteiger charge is 2.09. The van der Waals surface area contributed by atoms with Gasteiger partial charge in [0.05, 0.1) is 20.8 Å². The van der Waals surface area contributed by atoms with E-state index in [0.717, 1.165) is 4.48 Å². The lowest BCUT2D eigenvalue weighted by Gasteiger charge is -2.16. The zero-order valence-electron chi connectivity index (χ0n) is 11.9. The molecule has 0 aliphatic carbocycles. The lowest BCUT2D eigenvalue weighted by atomic mass is 10.2. The molecule has 1 rings (SSSR count). The predicted molar refractivity (Wildman–Crippen MR) is 83.7 cm³/mol. The van der Waals surface area contributed by atoms with E-state index in [9.17, 15) is 4.79 Å². The molecule has 6 heteroatoms. The number of nitrogens with one attached hydrogen (secondary N) is 1. The number of anilines is 1. The fraction of sp³-hybridized carbons (Fsp3) is 0.357. The molecule has 0 heterocycles.